The lowest BCUT2D eigenvalue weighted by Crippen LogP contribution is -2.18. The predicted molar refractivity (Wildman–Crippen MR) is 68.8 cm³/mol. The molecule has 0 fully saturated rings. The Morgan fingerprint density at radius 1 is 1.62 bits per heavy atom. The Morgan fingerprint density at radius 3 is 3.12 bits per heavy atom. The summed E-state index contributed by atoms with van der Waals surface area (Å²) in [5.74, 6) is 0. The fourth-order valence-corrected chi connectivity index (χ4v) is 3.53. The first-order valence-corrected chi connectivity index (χ1v) is 7.07. The van der Waals surface area contributed by atoms with Crippen LogP contribution in [0.25, 0.3) is 0 Å². The molecule has 0 saturated carbocycles. The Hall–Kier alpha value is -0.380. The quantitative estimate of drug-likeness (QED) is 0.848. The molecule has 2 rings (SSSR count). The molecule has 0 aliphatic heterocycles. The van der Waals surface area contributed by atoms with E-state index in [1.54, 1.807) is 0 Å². The average Bonchev–Trinajstić information content (AvgIpc) is 2.70. The van der Waals surface area contributed by atoms with Gasteiger partial charge in [0, 0.05) is 15.8 Å². The maximum atomic E-state index is 9.88. The van der Waals surface area contributed by atoms with Crippen molar-refractivity contribution >= 4 is 11.3 Å². The summed E-state index contributed by atoms with van der Waals surface area (Å²) in [4.78, 5) is 2.80. The van der Waals surface area contributed by atoms with Gasteiger partial charge in [-0.25, -0.2) is 0 Å². The number of hydrogen-bond acceptors (Lipinski definition) is 3. The second-order valence-electron chi connectivity index (χ2n) is 4.71. The first-order valence-electron chi connectivity index (χ1n) is 6.25. The standard InChI is InChI=1S/C13H21NOS/c1-2-9(14)6-7-10-8-11-12(15)4-3-5-13(11)16-10/h8-9,12,15H,2-7,14H2,1H3. The van der Waals surface area contributed by atoms with Gasteiger partial charge in [-0.15, -0.1) is 11.3 Å². The summed E-state index contributed by atoms with van der Waals surface area (Å²) < 4.78 is 0. The molecule has 1 aliphatic rings. The van der Waals surface area contributed by atoms with Crippen molar-refractivity contribution in [1.29, 1.82) is 0 Å². The number of nitrogens with two attached hydrogens (primary N) is 1. The van der Waals surface area contributed by atoms with Gasteiger partial charge in [-0.2, -0.15) is 0 Å². The molecule has 0 amide bonds. The topological polar surface area (TPSA) is 46.2 Å². The first-order chi connectivity index (χ1) is 7.70. The predicted octanol–water partition coefficient (Wildman–Crippen LogP) is 2.79. The number of fused-ring (bicyclic) bond motifs is 1. The van der Waals surface area contributed by atoms with Gasteiger partial charge in [0.2, 0.25) is 0 Å². The minimum absolute atomic E-state index is 0.214. The SMILES string of the molecule is CCC(N)CCc1cc2c(s1)CCCC2O. The van der Waals surface area contributed by atoms with E-state index in [1.165, 1.54) is 15.3 Å². The molecule has 0 saturated heterocycles. The van der Waals surface area contributed by atoms with Crippen molar-refractivity contribution in [1.82, 2.24) is 0 Å². The van der Waals surface area contributed by atoms with E-state index < -0.39 is 0 Å². The van der Waals surface area contributed by atoms with Gasteiger partial charge < -0.3 is 10.8 Å². The zero-order valence-electron chi connectivity index (χ0n) is 9.91. The van der Waals surface area contributed by atoms with Crippen LogP contribution in [0.1, 0.15) is 54.0 Å². The molecule has 1 heterocycles. The molecule has 3 N–H and O–H groups in total. The fourth-order valence-electron chi connectivity index (χ4n) is 2.24. The summed E-state index contributed by atoms with van der Waals surface area (Å²) >= 11 is 1.88. The molecule has 2 unspecified atom stereocenters. The van der Waals surface area contributed by atoms with E-state index >= 15 is 0 Å². The molecule has 0 bridgehead atoms. The molecule has 2 nitrogen and oxygen atoms in total. The third-order valence-corrected chi connectivity index (χ3v) is 4.69. The van der Waals surface area contributed by atoms with Gasteiger partial charge in [0.25, 0.3) is 0 Å². The van der Waals surface area contributed by atoms with Crippen LogP contribution in [0.2, 0.25) is 0 Å². The average molecular weight is 239 g/mol. The Morgan fingerprint density at radius 2 is 2.44 bits per heavy atom. The van der Waals surface area contributed by atoms with Crippen molar-refractivity contribution in [3.05, 3.63) is 21.4 Å². The van der Waals surface area contributed by atoms with Crippen molar-refractivity contribution in [2.24, 2.45) is 5.73 Å². The highest BCUT2D eigenvalue weighted by molar-refractivity contribution is 7.12. The molecule has 0 aromatic carbocycles. The molecule has 2 atom stereocenters. The number of aliphatic hydroxyl groups is 1. The minimum atomic E-state index is -0.214. The van der Waals surface area contributed by atoms with Crippen molar-refractivity contribution < 1.29 is 5.11 Å². The van der Waals surface area contributed by atoms with Gasteiger partial charge >= 0.3 is 0 Å². The zero-order chi connectivity index (χ0) is 11.5. The lowest BCUT2D eigenvalue weighted by molar-refractivity contribution is 0.157. The maximum Gasteiger partial charge on any atom is 0.0801 e. The highest BCUT2D eigenvalue weighted by atomic mass is 32.1. The van der Waals surface area contributed by atoms with Crippen LogP contribution in [0, 0.1) is 0 Å². The molecule has 1 aromatic rings. The number of hydrogen-bond donors (Lipinski definition) is 2. The van der Waals surface area contributed by atoms with Crippen molar-refractivity contribution in [2.45, 2.75) is 57.6 Å². The minimum Gasteiger partial charge on any atom is -0.388 e. The highest BCUT2D eigenvalue weighted by Gasteiger charge is 2.20. The van der Waals surface area contributed by atoms with Crippen molar-refractivity contribution in [3.63, 3.8) is 0 Å². The summed E-state index contributed by atoms with van der Waals surface area (Å²) in [7, 11) is 0. The van der Waals surface area contributed by atoms with Crippen LogP contribution in [0.3, 0.4) is 0 Å². The molecule has 3 heteroatoms. The molecule has 90 valence electrons. The van der Waals surface area contributed by atoms with Gasteiger partial charge in [0.15, 0.2) is 0 Å². The van der Waals surface area contributed by atoms with E-state index in [1.807, 2.05) is 11.3 Å². The van der Waals surface area contributed by atoms with E-state index in [0.717, 1.165) is 38.5 Å². The van der Waals surface area contributed by atoms with Crippen molar-refractivity contribution in [2.75, 3.05) is 0 Å². The number of aliphatic hydroxyl groups excluding tert-OH is 1. The fraction of sp³-hybridized carbons (Fsp3) is 0.692. The van der Waals surface area contributed by atoms with Crippen LogP contribution in [0.4, 0.5) is 0 Å². The smallest absolute Gasteiger partial charge is 0.0801 e. The van der Waals surface area contributed by atoms with Gasteiger partial charge in [-0.05, 0) is 50.2 Å². The van der Waals surface area contributed by atoms with Crippen LogP contribution in [-0.2, 0) is 12.8 Å². The van der Waals surface area contributed by atoms with Crippen LogP contribution in [0.5, 0.6) is 0 Å². The monoisotopic (exact) mass is 239 g/mol. The first kappa shape index (κ1) is 12.1. The molecule has 0 spiro atoms. The van der Waals surface area contributed by atoms with Gasteiger partial charge in [0.05, 0.1) is 6.10 Å². The third kappa shape index (κ3) is 2.65. The Bertz CT molecular complexity index is 348. The third-order valence-electron chi connectivity index (χ3n) is 3.42. The van der Waals surface area contributed by atoms with Gasteiger partial charge in [-0.1, -0.05) is 6.92 Å². The zero-order valence-corrected chi connectivity index (χ0v) is 10.7. The lowest BCUT2D eigenvalue weighted by Gasteiger charge is -2.16. The van der Waals surface area contributed by atoms with Crippen molar-refractivity contribution in [3.8, 4) is 0 Å². The molecule has 16 heavy (non-hydrogen) atoms. The summed E-state index contributed by atoms with van der Waals surface area (Å²) in [6, 6.07) is 2.52. The van der Waals surface area contributed by atoms with E-state index in [2.05, 4.69) is 13.0 Å². The van der Waals surface area contributed by atoms with E-state index in [0.29, 0.717) is 6.04 Å². The highest BCUT2D eigenvalue weighted by Crippen LogP contribution is 2.36. The Labute approximate surface area is 101 Å². The lowest BCUT2D eigenvalue weighted by atomic mass is 9.96. The molecular weight excluding hydrogens is 218 g/mol. The number of aryl methyl sites for hydroxylation is 2. The summed E-state index contributed by atoms with van der Waals surface area (Å²) in [5.41, 5.74) is 7.12. The molecule has 1 aliphatic carbocycles. The largest absolute Gasteiger partial charge is 0.388 e. The molecular formula is C13H21NOS. The summed E-state index contributed by atoms with van der Waals surface area (Å²) in [5, 5.41) is 9.88. The number of thiophene rings is 1. The summed E-state index contributed by atoms with van der Waals surface area (Å²) in [6.45, 7) is 2.13. The van der Waals surface area contributed by atoms with E-state index in [9.17, 15) is 5.11 Å². The van der Waals surface area contributed by atoms with E-state index in [4.69, 9.17) is 5.73 Å². The van der Waals surface area contributed by atoms with Crippen LogP contribution in [0.15, 0.2) is 6.07 Å². The Kier molecular flexibility index (Phi) is 4.00. The second kappa shape index (κ2) is 5.30. The number of rotatable bonds is 4. The van der Waals surface area contributed by atoms with E-state index in [-0.39, 0.29) is 6.10 Å². The van der Waals surface area contributed by atoms with Gasteiger partial charge in [0.1, 0.15) is 0 Å². The normalized spacial score (nSPS) is 21.8. The maximum absolute atomic E-state index is 9.88. The second-order valence-corrected chi connectivity index (χ2v) is 5.93. The van der Waals surface area contributed by atoms with Crippen LogP contribution in [-0.4, -0.2) is 11.1 Å². The van der Waals surface area contributed by atoms with Gasteiger partial charge in [-0.3, -0.25) is 0 Å². The molecule has 1 aromatic heterocycles. The van der Waals surface area contributed by atoms with Crippen LogP contribution < -0.4 is 5.73 Å². The summed E-state index contributed by atoms with van der Waals surface area (Å²) in [6.07, 6.45) is 6.17. The Balaban J connectivity index is 2.01. The van der Waals surface area contributed by atoms with Crippen LogP contribution >= 0.6 is 11.3 Å². The molecule has 0 radical (unpaired) electrons.